The van der Waals surface area contributed by atoms with Crippen LogP contribution in [0.2, 0.25) is 0 Å². The van der Waals surface area contributed by atoms with Gasteiger partial charge in [0.05, 0.1) is 11.4 Å². The SMILES string of the molecule is CN(C)CCN1CCN(C(=O)c2cccc(F)c2)c2ccccc21. The van der Waals surface area contributed by atoms with Crippen LogP contribution in [0.4, 0.5) is 15.8 Å². The molecule has 0 aromatic heterocycles. The van der Waals surface area contributed by atoms with Gasteiger partial charge in [0.1, 0.15) is 5.82 Å². The number of carbonyl (C=O) groups is 1. The number of para-hydroxylation sites is 2. The van der Waals surface area contributed by atoms with Gasteiger partial charge in [0.15, 0.2) is 0 Å². The molecule has 0 aliphatic carbocycles. The van der Waals surface area contributed by atoms with Crippen LogP contribution in [0.25, 0.3) is 0 Å². The molecule has 1 heterocycles. The highest BCUT2D eigenvalue weighted by atomic mass is 19.1. The minimum atomic E-state index is -0.390. The van der Waals surface area contributed by atoms with Crippen LogP contribution in [0.5, 0.6) is 0 Å². The summed E-state index contributed by atoms with van der Waals surface area (Å²) in [6.07, 6.45) is 0. The predicted molar refractivity (Wildman–Crippen MR) is 95.3 cm³/mol. The Morgan fingerprint density at radius 3 is 2.54 bits per heavy atom. The number of fused-ring (bicyclic) bond motifs is 1. The van der Waals surface area contributed by atoms with Crippen molar-refractivity contribution in [3.63, 3.8) is 0 Å². The molecule has 2 aromatic carbocycles. The summed E-state index contributed by atoms with van der Waals surface area (Å²) < 4.78 is 13.4. The van der Waals surface area contributed by atoms with Gasteiger partial charge in [-0.15, -0.1) is 0 Å². The number of carbonyl (C=O) groups excluding carboxylic acids is 1. The zero-order valence-corrected chi connectivity index (χ0v) is 14.1. The Balaban J connectivity index is 1.88. The van der Waals surface area contributed by atoms with Gasteiger partial charge in [0.2, 0.25) is 0 Å². The van der Waals surface area contributed by atoms with Crippen molar-refractivity contribution in [2.75, 3.05) is 50.1 Å². The number of anilines is 2. The molecule has 0 fully saturated rings. The lowest BCUT2D eigenvalue weighted by Gasteiger charge is -2.38. The van der Waals surface area contributed by atoms with Gasteiger partial charge in [-0.25, -0.2) is 4.39 Å². The summed E-state index contributed by atoms with van der Waals surface area (Å²) in [6, 6.07) is 13.8. The summed E-state index contributed by atoms with van der Waals surface area (Å²) in [6.45, 7) is 3.23. The Morgan fingerprint density at radius 1 is 1.08 bits per heavy atom. The smallest absolute Gasteiger partial charge is 0.258 e. The first-order valence-corrected chi connectivity index (χ1v) is 8.12. The second kappa shape index (κ2) is 7.01. The molecular weight excluding hydrogens is 305 g/mol. The minimum Gasteiger partial charge on any atom is -0.367 e. The van der Waals surface area contributed by atoms with Gasteiger partial charge in [-0.05, 0) is 44.4 Å². The fourth-order valence-corrected chi connectivity index (χ4v) is 2.96. The summed E-state index contributed by atoms with van der Waals surface area (Å²) in [7, 11) is 4.10. The molecule has 24 heavy (non-hydrogen) atoms. The number of benzene rings is 2. The van der Waals surface area contributed by atoms with Crippen molar-refractivity contribution in [2.45, 2.75) is 0 Å². The second-order valence-electron chi connectivity index (χ2n) is 6.25. The van der Waals surface area contributed by atoms with Crippen molar-refractivity contribution < 1.29 is 9.18 Å². The van der Waals surface area contributed by atoms with Crippen LogP contribution in [0.15, 0.2) is 48.5 Å². The normalized spacial score (nSPS) is 14.0. The van der Waals surface area contributed by atoms with E-state index in [-0.39, 0.29) is 5.91 Å². The number of amides is 1. The van der Waals surface area contributed by atoms with Crippen LogP contribution >= 0.6 is 0 Å². The van der Waals surface area contributed by atoms with Crippen molar-refractivity contribution in [1.82, 2.24) is 4.90 Å². The molecule has 1 aliphatic rings. The number of hydrogen-bond donors (Lipinski definition) is 0. The van der Waals surface area contributed by atoms with E-state index < -0.39 is 5.82 Å². The van der Waals surface area contributed by atoms with E-state index in [1.807, 2.05) is 24.3 Å². The molecule has 1 aliphatic heterocycles. The number of nitrogens with zero attached hydrogens (tertiary/aromatic N) is 3. The van der Waals surface area contributed by atoms with Gasteiger partial charge >= 0.3 is 0 Å². The average molecular weight is 327 g/mol. The maximum atomic E-state index is 13.4. The van der Waals surface area contributed by atoms with Crippen LogP contribution in [-0.4, -0.2) is 51.1 Å². The molecule has 0 radical (unpaired) electrons. The molecule has 0 saturated carbocycles. The van der Waals surface area contributed by atoms with E-state index in [0.717, 1.165) is 31.0 Å². The molecule has 0 saturated heterocycles. The van der Waals surface area contributed by atoms with E-state index in [2.05, 4.69) is 23.9 Å². The van der Waals surface area contributed by atoms with Crippen LogP contribution in [0.3, 0.4) is 0 Å². The van der Waals surface area contributed by atoms with Gasteiger partial charge in [-0.2, -0.15) is 0 Å². The fourth-order valence-electron chi connectivity index (χ4n) is 2.96. The fraction of sp³-hybridized carbons (Fsp3) is 0.316. The number of halogens is 1. The standard InChI is InChI=1S/C19H22FN3O/c1-21(2)10-11-22-12-13-23(18-9-4-3-8-17(18)22)19(24)15-6-5-7-16(20)14-15/h3-9,14H,10-13H2,1-2H3. The lowest BCUT2D eigenvalue weighted by atomic mass is 10.1. The highest BCUT2D eigenvalue weighted by Crippen LogP contribution is 2.33. The zero-order valence-electron chi connectivity index (χ0n) is 14.1. The van der Waals surface area contributed by atoms with Gasteiger partial charge in [0, 0.05) is 31.7 Å². The molecule has 1 amide bonds. The molecule has 2 aromatic rings. The molecule has 3 rings (SSSR count). The highest BCUT2D eigenvalue weighted by Gasteiger charge is 2.27. The third-order valence-corrected chi connectivity index (χ3v) is 4.24. The predicted octanol–water partition coefficient (Wildman–Crippen LogP) is 2.85. The Hall–Kier alpha value is -2.40. The summed E-state index contributed by atoms with van der Waals surface area (Å²) >= 11 is 0. The van der Waals surface area contributed by atoms with Gasteiger partial charge in [-0.3, -0.25) is 4.79 Å². The number of hydrogen-bond acceptors (Lipinski definition) is 3. The number of likely N-dealkylation sites (N-methyl/N-ethyl adjacent to an activating group) is 1. The maximum absolute atomic E-state index is 13.4. The van der Waals surface area contributed by atoms with Gasteiger partial charge in [0.25, 0.3) is 5.91 Å². The lowest BCUT2D eigenvalue weighted by Crippen LogP contribution is -2.45. The molecular formula is C19H22FN3O. The van der Waals surface area contributed by atoms with Crippen LogP contribution in [0, 0.1) is 5.82 Å². The first kappa shape index (κ1) is 16.5. The van der Waals surface area contributed by atoms with Gasteiger partial charge < -0.3 is 14.7 Å². The van der Waals surface area contributed by atoms with Crippen LogP contribution in [0.1, 0.15) is 10.4 Å². The number of rotatable bonds is 4. The third-order valence-electron chi connectivity index (χ3n) is 4.24. The summed E-state index contributed by atoms with van der Waals surface area (Å²) in [4.78, 5) is 19.0. The topological polar surface area (TPSA) is 26.8 Å². The van der Waals surface area contributed by atoms with E-state index in [0.29, 0.717) is 12.1 Å². The van der Waals surface area contributed by atoms with Crippen molar-refractivity contribution in [3.8, 4) is 0 Å². The Kier molecular flexibility index (Phi) is 4.81. The Labute approximate surface area is 142 Å². The molecule has 0 unspecified atom stereocenters. The molecule has 126 valence electrons. The first-order chi connectivity index (χ1) is 11.6. The molecule has 5 heteroatoms. The molecule has 4 nitrogen and oxygen atoms in total. The molecule has 0 bridgehead atoms. The highest BCUT2D eigenvalue weighted by molar-refractivity contribution is 6.08. The maximum Gasteiger partial charge on any atom is 0.258 e. The van der Waals surface area contributed by atoms with E-state index in [1.54, 1.807) is 17.0 Å². The first-order valence-electron chi connectivity index (χ1n) is 8.12. The Morgan fingerprint density at radius 2 is 1.83 bits per heavy atom. The van der Waals surface area contributed by atoms with Crippen LogP contribution in [-0.2, 0) is 0 Å². The largest absolute Gasteiger partial charge is 0.367 e. The van der Waals surface area contributed by atoms with E-state index in [1.165, 1.54) is 12.1 Å². The van der Waals surface area contributed by atoms with Crippen molar-refractivity contribution >= 4 is 17.3 Å². The van der Waals surface area contributed by atoms with E-state index >= 15 is 0 Å². The summed E-state index contributed by atoms with van der Waals surface area (Å²) in [5, 5.41) is 0. The third kappa shape index (κ3) is 3.41. The summed E-state index contributed by atoms with van der Waals surface area (Å²) in [5.74, 6) is -0.548. The van der Waals surface area contributed by atoms with Crippen molar-refractivity contribution in [1.29, 1.82) is 0 Å². The quantitative estimate of drug-likeness (QED) is 0.864. The zero-order chi connectivity index (χ0) is 17.1. The van der Waals surface area contributed by atoms with Crippen LogP contribution < -0.4 is 9.80 Å². The molecule has 0 atom stereocenters. The van der Waals surface area contributed by atoms with Crippen molar-refractivity contribution in [2.24, 2.45) is 0 Å². The minimum absolute atomic E-state index is 0.158. The monoisotopic (exact) mass is 327 g/mol. The summed E-state index contributed by atoms with van der Waals surface area (Å²) in [5.41, 5.74) is 2.32. The second-order valence-corrected chi connectivity index (χ2v) is 6.25. The lowest BCUT2D eigenvalue weighted by molar-refractivity contribution is 0.0986. The van der Waals surface area contributed by atoms with Crippen molar-refractivity contribution in [3.05, 3.63) is 59.9 Å². The molecule has 0 spiro atoms. The van der Waals surface area contributed by atoms with E-state index in [9.17, 15) is 9.18 Å². The average Bonchev–Trinajstić information content (AvgIpc) is 2.59. The Bertz CT molecular complexity index is 732. The van der Waals surface area contributed by atoms with E-state index in [4.69, 9.17) is 0 Å². The van der Waals surface area contributed by atoms with Gasteiger partial charge in [-0.1, -0.05) is 18.2 Å². The molecule has 0 N–H and O–H groups in total.